The van der Waals surface area contributed by atoms with Crippen molar-refractivity contribution in [1.29, 1.82) is 0 Å². The Morgan fingerprint density at radius 3 is 3.00 bits per heavy atom. The zero-order valence-electron chi connectivity index (χ0n) is 9.25. The van der Waals surface area contributed by atoms with Crippen molar-refractivity contribution in [3.8, 4) is 0 Å². The number of thiophene rings is 1. The highest BCUT2D eigenvalue weighted by molar-refractivity contribution is 7.10. The number of hydrogen-bond donors (Lipinski definition) is 1. The molecule has 3 rings (SSSR count). The molecule has 15 heavy (non-hydrogen) atoms. The first-order chi connectivity index (χ1) is 7.30. The van der Waals surface area contributed by atoms with Crippen molar-refractivity contribution in [3.63, 3.8) is 0 Å². The van der Waals surface area contributed by atoms with Crippen LogP contribution in [0.1, 0.15) is 23.3 Å². The minimum Gasteiger partial charge on any atom is -0.312 e. The quantitative estimate of drug-likeness (QED) is 0.720. The molecule has 0 amide bonds. The lowest BCUT2D eigenvalue weighted by molar-refractivity contribution is 0.179. The maximum atomic E-state index is 3.59. The SMILES string of the molecule is CN1CCC2(CC1)CNCc1ccsc12. The molecule has 0 bridgehead atoms. The molecule has 0 atom stereocenters. The Morgan fingerprint density at radius 2 is 2.20 bits per heavy atom. The second-order valence-electron chi connectivity index (χ2n) is 4.96. The third kappa shape index (κ3) is 1.53. The first-order valence-corrected chi connectivity index (χ1v) is 6.64. The van der Waals surface area contributed by atoms with Gasteiger partial charge in [-0.1, -0.05) is 0 Å². The van der Waals surface area contributed by atoms with Gasteiger partial charge >= 0.3 is 0 Å². The average Bonchev–Trinajstić information content (AvgIpc) is 2.72. The van der Waals surface area contributed by atoms with E-state index in [-0.39, 0.29) is 0 Å². The van der Waals surface area contributed by atoms with Crippen molar-refractivity contribution in [3.05, 3.63) is 21.9 Å². The Bertz CT molecular complexity index is 350. The summed E-state index contributed by atoms with van der Waals surface area (Å²) in [5.41, 5.74) is 2.02. The number of nitrogens with zero attached hydrogens (tertiary/aromatic N) is 1. The largest absolute Gasteiger partial charge is 0.312 e. The van der Waals surface area contributed by atoms with Crippen LogP contribution in [0.2, 0.25) is 0 Å². The summed E-state index contributed by atoms with van der Waals surface area (Å²) < 4.78 is 0. The molecule has 2 aliphatic heterocycles. The van der Waals surface area contributed by atoms with Crippen LogP contribution in [-0.2, 0) is 12.0 Å². The fourth-order valence-corrected chi connectivity index (χ4v) is 4.09. The number of piperidine rings is 1. The second kappa shape index (κ2) is 3.58. The van der Waals surface area contributed by atoms with Gasteiger partial charge in [-0.2, -0.15) is 0 Å². The fourth-order valence-electron chi connectivity index (χ4n) is 2.91. The molecule has 3 heterocycles. The molecule has 1 aromatic rings. The molecule has 82 valence electrons. The van der Waals surface area contributed by atoms with Gasteiger partial charge in [-0.25, -0.2) is 0 Å². The van der Waals surface area contributed by atoms with E-state index in [1.807, 2.05) is 11.3 Å². The number of hydrogen-bond acceptors (Lipinski definition) is 3. The molecule has 0 radical (unpaired) electrons. The van der Waals surface area contributed by atoms with Crippen LogP contribution in [-0.4, -0.2) is 31.6 Å². The van der Waals surface area contributed by atoms with E-state index in [1.165, 1.54) is 32.5 Å². The van der Waals surface area contributed by atoms with E-state index in [9.17, 15) is 0 Å². The second-order valence-corrected chi connectivity index (χ2v) is 5.88. The minimum absolute atomic E-state index is 0.467. The van der Waals surface area contributed by atoms with E-state index in [2.05, 4.69) is 28.7 Å². The van der Waals surface area contributed by atoms with Gasteiger partial charge in [-0.15, -0.1) is 11.3 Å². The molecule has 1 saturated heterocycles. The monoisotopic (exact) mass is 222 g/mol. The van der Waals surface area contributed by atoms with E-state index in [0.717, 1.165) is 6.54 Å². The van der Waals surface area contributed by atoms with Gasteiger partial charge in [0, 0.05) is 23.4 Å². The zero-order chi connectivity index (χ0) is 10.3. The van der Waals surface area contributed by atoms with Crippen LogP contribution in [0.3, 0.4) is 0 Å². The number of rotatable bonds is 0. The Balaban J connectivity index is 1.94. The summed E-state index contributed by atoms with van der Waals surface area (Å²) in [7, 11) is 2.23. The van der Waals surface area contributed by atoms with E-state index in [4.69, 9.17) is 0 Å². The molecular formula is C12H18N2S. The summed E-state index contributed by atoms with van der Waals surface area (Å²) >= 11 is 1.97. The van der Waals surface area contributed by atoms with Crippen LogP contribution in [0, 0.1) is 0 Å². The molecule has 2 aliphatic rings. The van der Waals surface area contributed by atoms with Crippen molar-refractivity contribution < 1.29 is 0 Å². The maximum absolute atomic E-state index is 3.59. The summed E-state index contributed by atoms with van der Waals surface area (Å²) in [6.07, 6.45) is 2.65. The van der Waals surface area contributed by atoms with Crippen molar-refractivity contribution >= 4 is 11.3 Å². The normalized spacial score (nSPS) is 25.4. The molecule has 1 N–H and O–H groups in total. The molecule has 3 heteroatoms. The smallest absolute Gasteiger partial charge is 0.0217 e. The Morgan fingerprint density at radius 1 is 1.40 bits per heavy atom. The summed E-state index contributed by atoms with van der Waals surface area (Å²) in [5, 5.41) is 5.85. The molecule has 0 unspecified atom stereocenters. The predicted octanol–water partition coefficient (Wildman–Crippen LogP) is 1.81. The Labute approximate surface area is 95.3 Å². The standard InChI is InChI=1S/C12H18N2S/c1-14-5-3-12(4-6-14)9-13-8-10-2-7-15-11(10)12/h2,7,13H,3-6,8-9H2,1H3. The lowest BCUT2D eigenvalue weighted by Crippen LogP contribution is -2.49. The van der Waals surface area contributed by atoms with Gasteiger partial charge in [-0.3, -0.25) is 0 Å². The highest BCUT2D eigenvalue weighted by Crippen LogP contribution is 2.41. The lowest BCUT2D eigenvalue weighted by Gasteiger charge is -2.43. The third-order valence-electron chi connectivity index (χ3n) is 3.95. The predicted molar refractivity (Wildman–Crippen MR) is 64.4 cm³/mol. The van der Waals surface area contributed by atoms with Crippen molar-refractivity contribution in [2.75, 3.05) is 26.7 Å². The molecular weight excluding hydrogens is 204 g/mol. The van der Waals surface area contributed by atoms with Gasteiger partial charge in [0.1, 0.15) is 0 Å². The first-order valence-electron chi connectivity index (χ1n) is 5.76. The average molecular weight is 222 g/mol. The summed E-state index contributed by atoms with van der Waals surface area (Å²) in [6.45, 7) is 4.77. The number of nitrogens with one attached hydrogen (secondary N) is 1. The zero-order valence-corrected chi connectivity index (χ0v) is 10.1. The van der Waals surface area contributed by atoms with Gasteiger partial charge < -0.3 is 10.2 Å². The molecule has 0 aliphatic carbocycles. The van der Waals surface area contributed by atoms with Gasteiger partial charge in [0.05, 0.1) is 0 Å². The molecule has 0 aromatic carbocycles. The Hall–Kier alpha value is -0.380. The van der Waals surface area contributed by atoms with Gasteiger partial charge in [0.25, 0.3) is 0 Å². The highest BCUT2D eigenvalue weighted by Gasteiger charge is 2.39. The first kappa shape index (κ1) is 9.82. The van der Waals surface area contributed by atoms with E-state index >= 15 is 0 Å². The van der Waals surface area contributed by atoms with Crippen molar-refractivity contribution in [2.24, 2.45) is 0 Å². The van der Waals surface area contributed by atoms with E-state index in [1.54, 1.807) is 10.4 Å². The van der Waals surface area contributed by atoms with Crippen LogP contribution in [0.5, 0.6) is 0 Å². The minimum atomic E-state index is 0.467. The summed E-state index contributed by atoms with van der Waals surface area (Å²) in [4.78, 5) is 4.13. The van der Waals surface area contributed by atoms with Crippen LogP contribution in [0.15, 0.2) is 11.4 Å². The van der Waals surface area contributed by atoms with Crippen molar-refractivity contribution in [2.45, 2.75) is 24.8 Å². The molecule has 1 spiro atoms. The van der Waals surface area contributed by atoms with Gasteiger partial charge in [0.15, 0.2) is 0 Å². The topological polar surface area (TPSA) is 15.3 Å². The van der Waals surface area contributed by atoms with E-state index < -0.39 is 0 Å². The highest BCUT2D eigenvalue weighted by atomic mass is 32.1. The fraction of sp³-hybridized carbons (Fsp3) is 0.667. The van der Waals surface area contributed by atoms with E-state index in [0.29, 0.717) is 5.41 Å². The number of fused-ring (bicyclic) bond motifs is 2. The van der Waals surface area contributed by atoms with Crippen LogP contribution >= 0.6 is 11.3 Å². The molecule has 0 saturated carbocycles. The molecule has 1 fully saturated rings. The molecule has 2 nitrogen and oxygen atoms in total. The van der Waals surface area contributed by atoms with Gasteiger partial charge in [-0.05, 0) is 50.0 Å². The molecule has 1 aromatic heterocycles. The number of likely N-dealkylation sites (tertiary alicyclic amines) is 1. The van der Waals surface area contributed by atoms with Crippen LogP contribution < -0.4 is 5.32 Å². The summed E-state index contributed by atoms with van der Waals surface area (Å²) in [6, 6.07) is 2.30. The maximum Gasteiger partial charge on any atom is 0.0217 e. The summed E-state index contributed by atoms with van der Waals surface area (Å²) in [5.74, 6) is 0. The third-order valence-corrected chi connectivity index (χ3v) is 5.15. The van der Waals surface area contributed by atoms with Gasteiger partial charge in [0.2, 0.25) is 0 Å². The Kier molecular flexibility index (Phi) is 2.34. The van der Waals surface area contributed by atoms with Crippen LogP contribution in [0.25, 0.3) is 0 Å². The lowest BCUT2D eigenvalue weighted by atomic mass is 9.74. The van der Waals surface area contributed by atoms with Crippen LogP contribution in [0.4, 0.5) is 0 Å². The van der Waals surface area contributed by atoms with Crippen molar-refractivity contribution in [1.82, 2.24) is 10.2 Å².